The first-order chi connectivity index (χ1) is 9.84. The molecule has 1 amide bonds. The minimum Gasteiger partial charge on any atom is -0.346 e. The predicted octanol–water partition coefficient (Wildman–Crippen LogP) is 3.16. The van der Waals surface area contributed by atoms with Crippen LogP contribution in [0.2, 0.25) is 0 Å². The van der Waals surface area contributed by atoms with Crippen molar-refractivity contribution >= 4 is 16.7 Å². The second-order valence-electron chi connectivity index (χ2n) is 4.53. The van der Waals surface area contributed by atoms with Crippen LogP contribution in [-0.4, -0.2) is 10.9 Å². The monoisotopic (exact) mass is 262 g/mol. The number of fused-ring (bicyclic) bond motifs is 1. The molecule has 0 spiro atoms. The predicted molar refractivity (Wildman–Crippen MR) is 79.4 cm³/mol. The van der Waals surface area contributed by atoms with E-state index >= 15 is 0 Å². The summed E-state index contributed by atoms with van der Waals surface area (Å²) in [6.07, 6.45) is 1.77. The molecular formula is C17H14N2O. The van der Waals surface area contributed by atoms with Crippen LogP contribution in [0.25, 0.3) is 10.8 Å². The molecule has 0 aliphatic rings. The van der Waals surface area contributed by atoms with Gasteiger partial charge in [-0.2, -0.15) is 0 Å². The number of nitrogens with zero attached hydrogens (tertiary/aromatic N) is 1. The number of rotatable bonds is 3. The van der Waals surface area contributed by atoms with Gasteiger partial charge in [-0.3, -0.25) is 9.78 Å². The molecule has 1 N–H and O–H groups in total. The van der Waals surface area contributed by atoms with Gasteiger partial charge in [-0.05, 0) is 23.6 Å². The summed E-state index contributed by atoms with van der Waals surface area (Å²) >= 11 is 0. The summed E-state index contributed by atoms with van der Waals surface area (Å²) in [6.45, 7) is 0.426. The fraction of sp³-hybridized carbons (Fsp3) is 0.0588. The molecule has 0 aliphatic heterocycles. The van der Waals surface area contributed by atoms with Gasteiger partial charge < -0.3 is 5.32 Å². The second-order valence-corrected chi connectivity index (χ2v) is 4.53. The van der Waals surface area contributed by atoms with Gasteiger partial charge in [-0.25, -0.2) is 0 Å². The molecule has 0 atom stereocenters. The Morgan fingerprint density at radius 3 is 2.55 bits per heavy atom. The minimum atomic E-state index is -0.0830. The van der Waals surface area contributed by atoms with E-state index in [1.165, 1.54) is 0 Å². The minimum absolute atomic E-state index is 0.0830. The first-order valence-corrected chi connectivity index (χ1v) is 6.50. The van der Waals surface area contributed by atoms with Crippen LogP contribution >= 0.6 is 0 Å². The third-order valence-corrected chi connectivity index (χ3v) is 3.21. The van der Waals surface area contributed by atoms with Gasteiger partial charge in [-0.1, -0.05) is 42.5 Å². The van der Waals surface area contributed by atoms with Gasteiger partial charge >= 0.3 is 0 Å². The Hall–Kier alpha value is -2.68. The highest BCUT2D eigenvalue weighted by Gasteiger charge is 2.06. The summed E-state index contributed by atoms with van der Waals surface area (Å²) in [5.41, 5.74) is 1.54. The molecule has 1 aromatic heterocycles. The van der Waals surface area contributed by atoms with E-state index in [0.29, 0.717) is 12.1 Å². The summed E-state index contributed by atoms with van der Waals surface area (Å²) in [7, 11) is 0. The van der Waals surface area contributed by atoms with Crippen molar-refractivity contribution in [2.24, 2.45) is 0 Å². The van der Waals surface area contributed by atoms with E-state index < -0.39 is 0 Å². The van der Waals surface area contributed by atoms with E-state index in [1.807, 2.05) is 48.5 Å². The number of hydrogen-bond donors (Lipinski definition) is 1. The van der Waals surface area contributed by atoms with Crippen LogP contribution in [0.1, 0.15) is 16.1 Å². The Morgan fingerprint density at radius 1 is 0.950 bits per heavy atom. The quantitative estimate of drug-likeness (QED) is 0.787. The van der Waals surface area contributed by atoms with Gasteiger partial charge in [0.1, 0.15) is 0 Å². The molecule has 0 saturated heterocycles. The third kappa shape index (κ3) is 2.52. The van der Waals surface area contributed by atoms with Gasteiger partial charge in [0.2, 0.25) is 0 Å². The number of nitrogens with one attached hydrogen (secondary N) is 1. The lowest BCUT2D eigenvalue weighted by Gasteiger charge is -2.07. The van der Waals surface area contributed by atoms with E-state index in [2.05, 4.69) is 10.3 Å². The van der Waals surface area contributed by atoms with Gasteiger partial charge in [-0.15, -0.1) is 0 Å². The van der Waals surface area contributed by atoms with E-state index in [4.69, 9.17) is 0 Å². The lowest BCUT2D eigenvalue weighted by Crippen LogP contribution is -2.23. The van der Waals surface area contributed by atoms with Gasteiger partial charge in [0.25, 0.3) is 5.91 Å². The standard InChI is InChI=1S/C17H14N2O/c20-17(14-7-2-1-3-8-14)19-12-16-15-9-5-4-6-13(15)10-11-18-16/h1-11H,12H2,(H,19,20). The molecule has 1 heterocycles. The zero-order valence-electron chi connectivity index (χ0n) is 10.9. The number of amides is 1. The van der Waals surface area contributed by atoms with Crippen LogP contribution in [0.3, 0.4) is 0 Å². The van der Waals surface area contributed by atoms with E-state index in [9.17, 15) is 4.79 Å². The molecule has 2 aromatic carbocycles. The van der Waals surface area contributed by atoms with Crippen LogP contribution in [0.15, 0.2) is 66.9 Å². The zero-order chi connectivity index (χ0) is 13.8. The average molecular weight is 262 g/mol. The molecular weight excluding hydrogens is 248 g/mol. The van der Waals surface area contributed by atoms with Gasteiger partial charge in [0.15, 0.2) is 0 Å². The highest BCUT2D eigenvalue weighted by atomic mass is 16.1. The fourth-order valence-corrected chi connectivity index (χ4v) is 2.18. The lowest BCUT2D eigenvalue weighted by molar-refractivity contribution is 0.0950. The van der Waals surface area contributed by atoms with Gasteiger partial charge in [0, 0.05) is 17.1 Å². The normalized spacial score (nSPS) is 10.4. The summed E-state index contributed by atoms with van der Waals surface area (Å²) in [5.74, 6) is -0.0830. The third-order valence-electron chi connectivity index (χ3n) is 3.21. The molecule has 0 bridgehead atoms. The Labute approximate surface area is 117 Å². The van der Waals surface area contributed by atoms with Crippen molar-refractivity contribution < 1.29 is 4.79 Å². The van der Waals surface area contributed by atoms with E-state index in [1.54, 1.807) is 18.3 Å². The fourth-order valence-electron chi connectivity index (χ4n) is 2.18. The number of carbonyl (C=O) groups excluding carboxylic acids is 1. The highest BCUT2D eigenvalue weighted by Crippen LogP contribution is 2.16. The molecule has 0 radical (unpaired) electrons. The van der Waals surface area contributed by atoms with Crippen molar-refractivity contribution in [3.8, 4) is 0 Å². The number of aromatic nitrogens is 1. The van der Waals surface area contributed by atoms with Crippen LogP contribution in [0.4, 0.5) is 0 Å². The maximum absolute atomic E-state index is 12.0. The Kier molecular flexibility index (Phi) is 3.42. The summed E-state index contributed by atoms with van der Waals surface area (Å²) in [4.78, 5) is 16.4. The Morgan fingerprint density at radius 2 is 1.70 bits per heavy atom. The van der Waals surface area contributed by atoms with E-state index in [-0.39, 0.29) is 5.91 Å². The maximum Gasteiger partial charge on any atom is 0.251 e. The SMILES string of the molecule is O=C(NCc1nccc2ccccc12)c1ccccc1. The molecule has 3 heteroatoms. The first-order valence-electron chi connectivity index (χ1n) is 6.50. The molecule has 0 fully saturated rings. The van der Waals surface area contributed by atoms with Crippen LogP contribution in [0, 0.1) is 0 Å². The van der Waals surface area contributed by atoms with E-state index in [0.717, 1.165) is 16.5 Å². The summed E-state index contributed by atoms with van der Waals surface area (Å²) in [6, 6.07) is 19.2. The number of carbonyl (C=O) groups is 1. The lowest BCUT2D eigenvalue weighted by atomic mass is 10.1. The number of benzene rings is 2. The van der Waals surface area contributed by atoms with Crippen LogP contribution in [0.5, 0.6) is 0 Å². The first kappa shape index (κ1) is 12.4. The summed E-state index contributed by atoms with van der Waals surface area (Å²) < 4.78 is 0. The highest BCUT2D eigenvalue weighted by molar-refractivity contribution is 5.94. The topological polar surface area (TPSA) is 42.0 Å². The second kappa shape index (κ2) is 5.53. The number of hydrogen-bond acceptors (Lipinski definition) is 2. The molecule has 3 nitrogen and oxygen atoms in total. The molecule has 20 heavy (non-hydrogen) atoms. The van der Waals surface area contributed by atoms with Crippen molar-refractivity contribution in [1.82, 2.24) is 10.3 Å². The Bertz CT molecular complexity index is 733. The van der Waals surface area contributed by atoms with Crippen molar-refractivity contribution in [3.05, 3.63) is 78.1 Å². The summed E-state index contributed by atoms with van der Waals surface area (Å²) in [5, 5.41) is 5.11. The molecule has 98 valence electrons. The molecule has 0 unspecified atom stereocenters. The van der Waals surface area contributed by atoms with Crippen LogP contribution < -0.4 is 5.32 Å². The molecule has 0 aliphatic carbocycles. The molecule has 3 rings (SSSR count). The van der Waals surface area contributed by atoms with Crippen molar-refractivity contribution in [2.75, 3.05) is 0 Å². The number of pyridine rings is 1. The Balaban J connectivity index is 1.79. The smallest absolute Gasteiger partial charge is 0.251 e. The van der Waals surface area contributed by atoms with Crippen LogP contribution in [-0.2, 0) is 6.54 Å². The van der Waals surface area contributed by atoms with Crippen molar-refractivity contribution in [2.45, 2.75) is 6.54 Å². The average Bonchev–Trinajstić information content (AvgIpc) is 2.53. The molecule has 0 saturated carbocycles. The van der Waals surface area contributed by atoms with Gasteiger partial charge in [0.05, 0.1) is 12.2 Å². The molecule has 3 aromatic rings. The zero-order valence-corrected chi connectivity index (χ0v) is 10.9. The van der Waals surface area contributed by atoms with Crippen molar-refractivity contribution in [3.63, 3.8) is 0 Å². The largest absolute Gasteiger partial charge is 0.346 e. The maximum atomic E-state index is 12.0. The van der Waals surface area contributed by atoms with Crippen molar-refractivity contribution in [1.29, 1.82) is 0 Å².